The molecule has 1 aromatic rings. The van der Waals surface area contributed by atoms with E-state index in [2.05, 4.69) is 10.3 Å². The van der Waals surface area contributed by atoms with Gasteiger partial charge in [0.25, 0.3) is 0 Å². The molecule has 1 N–H and O–H groups in total. The van der Waals surface area contributed by atoms with Gasteiger partial charge in [-0.05, 0) is 31.9 Å². The second kappa shape index (κ2) is 5.32. The lowest BCUT2D eigenvalue weighted by molar-refractivity contribution is 0.528. The van der Waals surface area contributed by atoms with Crippen molar-refractivity contribution in [1.29, 1.82) is 0 Å². The van der Waals surface area contributed by atoms with Crippen LogP contribution in [0.5, 0.6) is 0 Å². The van der Waals surface area contributed by atoms with Gasteiger partial charge in [-0.15, -0.1) is 0 Å². The molecular formula is C12H17FN2O2S. The fourth-order valence-corrected chi connectivity index (χ4v) is 3.92. The molecule has 18 heavy (non-hydrogen) atoms. The smallest absolute Gasteiger partial charge is 0.154 e. The highest BCUT2D eigenvalue weighted by molar-refractivity contribution is 7.92. The van der Waals surface area contributed by atoms with E-state index in [0.29, 0.717) is 18.0 Å². The average Bonchev–Trinajstić information content (AvgIpc) is 2.66. The summed E-state index contributed by atoms with van der Waals surface area (Å²) >= 11 is 0. The Kier molecular flexibility index (Phi) is 3.97. The lowest BCUT2D eigenvalue weighted by Gasteiger charge is -2.16. The van der Waals surface area contributed by atoms with Crippen LogP contribution in [-0.2, 0) is 9.84 Å². The topological polar surface area (TPSA) is 59.1 Å². The maximum absolute atomic E-state index is 12.7. The highest BCUT2D eigenvalue weighted by atomic mass is 32.2. The molecule has 1 saturated heterocycles. The van der Waals surface area contributed by atoms with E-state index < -0.39 is 9.84 Å². The first-order chi connectivity index (χ1) is 8.49. The van der Waals surface area contributed by atoms with E-state index in [-0.39, 0.29) is 17.1 Å². The van der Waals surface area contributed by atoms with Crippen molar-refractivity contribution < 1.29 is 12.8 Å². The van der Waals surface area contributed by atoms with Gasteiger partial charge in [-0.25, -0.2) is 12.8 Å². The van der Waals surface area contributed by atoms with Crippen molar-refractivity contribution in [3.63, 3.8) is 0 Å². The summed E-state index contributed by atoms with van der Waals surface area (Å²) in [4.78, 5) is 3.97. The van der Waals surface area contributed by atoms with E-state index in [1.54, 1.807) is 6.07 Å². The lowest BCUT2D eigenvalue weighted by Crippen LogP contribution is -2.32. The second-order valence-electron chi connectivity index (χ2n) is 4.66. The maximum Gasteiger partial charge on any atom is 0.154 e. The van der Waals surface area contributed by atoms with Gasteiger partial charge in [0.05, 0.1) is 22.9 Å². The average molecular weight is 272 g/mol. The number of rotatable bonds is 4. The molecule has 1 aliphatic rings. The van der Waals surface area contributed by atoms with Gasteiger partial charge < -0.3 is 5.32 Å². The van der Waals surface area contributed by atoms with Crippen LogP contribution in [-0.4, -0.2) is 30.9 Å². The predicted octanol–water partition coefficient (Wildman–Crippen LogP) is 1.45. The first kappa shape index (κ1) is 13.4. The van der Waals surface area contributed by atoms with Gasteiger partial charge in [0, 0.05) is 12.6 Å². The van der Waals surface area contributed by atoms with Crippen molar-refractivity contribution >= 4 is 9.84 Å². The molecule has 100 valence electrons. The molecule has 1 aromatic heterocycles. The van der Waals surface area contributed by atoms with Crippen molar-refractivity contribution in [2.75, 3.05) is 12.3 Å². The normalized spacial score (nSPS) is 24.0. The standard InChI is InChI=1S/C12H17FN2O2S/c1-9(12-5-4-10(13)7-15-12)14-8-11-3-2-6-18(11,16)17/h4-5,7,9,11,14H,2-3,6,8H2,1H3. The molecule has 4 nitrogen and oxygen atoms in total. The number of hydrogen-bond acceptors (Lipinski definition) is 4. The number of halogens is 1. The van der Waals surface area contributed by atoms with Crippen LogP contribution in [0, 0.1) is 5.82 Å². The Morgan fingerprint density at radius 3 is 2.89 bits per heavy atom. The lowest BCUT2D eigenvalue weighted by atomic mass is 10.2. The van der Waals surface area contributed by atoms with Crippen molar-refractivity contribution in [3.8, 4) is 0 Å². The van der Waals surface area contributed by atoms with Crippen LogP contribution >= 0.6 is 0 Å². The van der Waals surface area contributed by atoms with E-state index in [0.717, 1.165) is 12.8 Å². The summed E-state index contributed by atoms with van der Waals surface area (Å²) < 4.78 is 36.0. The van der Waals surface area contributed by atoms with Gasteiger partial charge in [-0.1, -0.05) is 0 Å². The fraction of sp³-hybridized carbons (Fsp3) is 0.583. The number of aromatic nitrogens is 1. The molecule has 2 rings (SSSR count). The number of pyridine rings is 1. The van der Waals surface area contributed by atoms with Crippen LogP contribution in [0.15, 0.2) is 18.3 Å². The first-order valence-corrected chi connectivity index (χ1v) is 7.77. The monoisotopic (exact) mass is 272 g/mol. The van der Waals surface area contributed by atoms with Crippen molar-refractivity contribution in [2.45, 2.75) is 31.1 Å². The zero-order chi connectivity index (χ0) is 13.2. The minimum absolute atomic E-state index is 0.0820. The third-order valence-electron chi connectivity index (χ3n) is 3.31. The molecule has 0 aliphatic carbocycles. The van der Waals surface area contributed by atoms with E-state index in [9.17, 15) is 12.8 Å². The minimum atomic E-state index is -2.91. The Bertz CT molecular complexity index is 501. The number of hydrogen-bond donors (Lipinski definition) is 1. The van der Waals surface area contributed by atoms with Gasteiger partial charge >= 0.3 is 0 Å². The number of nitrogens with zero attached hydrogens (tertiary/aromatic N) is 1. The Morgan fingerprint density at radius 1 is 1.56 bits per heavy atom. The van der Waals surface area contributed by atoms with E-state index in [1.165, 1.54) is 12.3 Å². The van der Waals surface area contributed by atoms with Crippen LogP contribution < -0.4 is 5.32 Å². The summed E-state index contributed by atoms with van der Waals surface area (Å²) in [7, 11) is -2.91. The SMILES string of the molecule is CC(NCC1CCCS1(=O)=O)c1ccc(F)cn1. The number of nitrogens with one attached hydrogen (secondary N) is 1. The molecule has 2 heterocycles. The third-order valence-corrected chi connectivity index (χ3v) is 5.58. The Hall–Kier alpha value is -1.01. The van der Waals surface area contributed by atoms with Crippen molar-refractivity contribution in [3.05, 3.63) is 29.8 Å². The summed E-state index contributed by atoms with van der Waals surface area (Å²) in [5.41, 5.74) is 0.715. The summed E-state index contributed by atoms with van der Waals surface area (Å²) in [6.45, 7) is 2.32. The van der Waals surface area contributed by atoms with Gasteiger partial charge in [0.15, 0.2) is 9.84 Å². The van der Waals surface area contributed by atoms with Crippen LogP contribution in [0.3, 0.4) is 0 Å². The molecule has 0 radical (unpaired) electrons. The molecule has 0 amide bonds. The zero-order valence-corrected chi connectivity index (χ0v) is 11.1. The van der Waals surface area contributed by atoms with Crippen LogP contribution in [0.2, 0.25) is 0 Å². The van der Waals surface area contributed by atoms with E-state index >= 15 is 0 Å². The van der Waals surface area contributed by atoms with E-state index in [4.69, 9.17) is 0 Å². The molecule has 6 heteroatoms. The molecule has 0 spiro atoms. The molecule has 1 fully saturated rings. The van der Waals surface area contributed by atoms with Crippen LogP contribution in [0.25, 0.3) is 0 Å². The van der Waals surface area contributed by atoms with Gasteiger partial charge in [0.2, 0.25) is 0 Å². The largest absolute Gasteiger partial charge is 0.308 e. The van der Waals surface area contributed by atoms with Gasteiger partial charge in [-0.3, -0.25) is 4.98 Å². The quantitative estimate of drug-likeness (QED) is 0.901. The summed E-state index contributed by atoms with van der Waals surface area (Å²) in [6, 6.07) is 2.88. The maximum atomic E-state index is 12.7. The molecule has 2 atom stereocenters. The Morgan fingerprint density at radius 2 is 2.33 bits per heavy atom. The van der Waals surface area contributed by atoms with Gasteiger partial charge in [0.1, 0.15) is 5.82 Å². The Balaban J connectivity index is 1.92. The summed E-state index contributed by atoms with van der Waals surface area (Å²) in [5, 5.41) is 2.86. The minimum Gasteiger partial charge on any atom is -0.308 e. The molecular weight excluding hydrogens is 255 g/mol. The predicted molar refractivity (Wildman–Crippen MR) is 67.4 cm³/mol. The summed E-state index contributed by atoms with van der Waals surface area (Å²) in [5.74, 6) is -0.0768. The number of sulfone groups is 1. The van der Waals surface area contributed by atoms with Gasteiger partial charge in [-0.2, -0.15) is 0 Å². The highest BCUT2D eigenvalue weighted by Gasteiger charge is 2.31. The van der Waals surface area contributed by atoms with Crippen molar-refractivity contribution in [1.82, 2.24) is 10.3 Å². The van der Waals surface area contributed by atoms with Crippen LogP contribution in [0.4, 0.5) is 4.39 Å². The molecule has 2 unspecified atom stereocenters. The molecule has 0 saturated carbocycles. The van der Waals surface area contributed by atoms with Crippen LogP contribution in [0.1, 0.15) is 31.5 Å². The first-order valence-electron chi connectivity index (χ1n) is 6.05. The second-order valence-corrected chi connectivity index (χ2v) is 7.06. The molecule has 0 bridgehead atoms. The fourth-order valence-electron chi connectivity index (χ4n) is 2.14. The molecule has 1 aliphatic heterocycles. The highest BCUT2D eigenvalue weighted by Crippen LogP contribution is 2.20. The van der Waals surface area contributed by atoms with E-state index in [1.807, 2.05) is 6.92 Å². The van der Waals surface area contributed by atoms with Crippen molar-refractivity contribution in [2.24, 2.45) is 0 Å². The third kappa shape index (κ3) is 3.05. The zero-order valence-electron chi connectivity index (χ0n) is 10.3. The Labute approximate surface area is 107 Å². The molecule has 0 aromatic carbocycles. The summed E-state index contributed by atoms with van der Waals surface area (Å²) in [6.07, 6.45) is 2.64.